The number of carboxylic acids is 1. The van der Waals surface area contributed by atoms with E-state index in [1.807, 2.05) is 23.9 Å². The van der Waals surface area contributed by atoms with Gasteiger partial charge in [0.1, 0.15) is 0 Å². The maximum Gasteiger partial charge on any atom is 0.304 e. The molecule has 0 unspecified atom stereocenters. The average Bonchev–Trinajstić information content (AvgIpc) is 2.32. The van der Waals surface area contributed by atoms with Crippen LogP contribution in [0.25, 0.3) is 0 Å². The number of hydrogen-bond donors (Lipinski definition) is 2. The van der Waals surface area contributed by atoms with Crippen LogP contribution in [0, 0.1) is 0 Å². The molecule has 0 aliphatic heterocycles. The van der Waals surface area contributed by atoms with Crippen molar-refractivity contribution < 1.29 is 19.4 Å². The minimum absolute atomic E-state index is 0.0405. The molecule has 2 N–H and O–H groups in total. The second kappa shape index (κ2) is 10.7. The number of carbonyl (C=O) groups excluding carboxylic acids is 1. The summed E-state index contributed by atoms with van der Waals surface area (Å²) in [4.78, 5) is 26.1. The highest BCUT2D eigenvalue weighted by atomic mass is 16.5. The van der Waals surface area contributed by atoms with E-state index in [1.54, 1.807) is 7.11 Å². The van der Waals surface area contributed by atoms with Crippen LogP contribution in [0.1, 0.15) is 6.42 Å². The Morgan fingerprint density at radius 1 is 1.21 bits per heavy atom. The van der Waals surface area contributed by atoms with E-state index in [4.69, 9.17) is 9.84 Å². The number of methoxy groups -OCH3 is 1. The van der Waals surface area contributed by atoms with Crippen LogP contribution in [0.4, 0.5) is 0 Å². The van der Waals surface area contributed by atoms with E-state index in [9.17, 15) is 9.59 Å². The van der Waals surface area contributed by atoms with Gasteiger partial charge in [0.2, 0.25) is 5.91 Å². The number of hydrogen-bond acceptors (Lipinski definition) is 5. The second-order valence-electron chi connectivity index (χ2n) is 4.57. The molecule has 0 atom stereocenters. The van der Waals surface area contributed by atoms with Crippen molar-refractivity contribution in [2.24, 2.45) is 0 Å². The van der Waals surface area contributed by atoms with Crippen LogP contribution < -0.4 is 5.32 Å². The zero-order chi connectivity index (χ0) is 14.7. The highest BCUT2D eigenvalue weighted by Crippen LogP contribution is 1.93. The molecule has 7 nitrogen and oxygen atoms in total. The standard InChI is InChI=1S/C12H25N3O4/c1-14(2)7-8-15(6-4-12(17)18)10-11(16)13-5-9-19-3/h4-10H2,1-3H3,(H,13,16)(H,17,18). The zero-order valence-corrected chi connectivity index (χ0v) is 12.0. The molecule has 0 aliphatic rings. The molecule has 7 heteroatoms. The molecule has 0 aromatic carbocycles. The topological polar surface area (TPSA) is 82.1 Å². The van der Waals surface area contributed by atoms with Crippen LogP contribution in [-0.4, -0.2) is 87.3 Å². The first-order chi connectivity index (χ1) is 8.95. The van der Waals surface area contributed by atoms with E-state index in [2.05, 4.69) is 5.32 Å². The first-order valence-electron chi connectivity index (χ1n) is 6.30. The molecule has 0 aromatic heterocycles. The summed E-state index contributed by atoms with van der Waals surface area (Å²) in [5.41, 5.74) is 0. The van der Waals surface area contributed by atoms with Gasteiger partial charge in [-0.05, 0) is 14.1 Å². The molecule has 0 aliphatic carbocycles. The minimum atomic E-state index is -0.852. The largest absolute Gasteiger partial charge is 0.481 e. The smallest absolute Gasteiger partial charge is 0.304 e. The van der Waals surface area contributed by atoms with Gasteiger partial charge in [-0.2, -0.15) is 0 Å². The number of carbonyl (C=O) groups is 2. The predicted molar refractivity (Wildman–Crippen MR) is 72.1 cm³/mol. The molecular formula is C12H25N3O4. The highest BCUT2D eigenvalue weighted by molar-refractivity contribution is 5.78. The summed E-state index contributed by atoms with van der Waals surface area (Å²) in [5.74, 6) is -0.962. The van der Waals surface area contributed by atoms with Crippen LogP contribution in [-0.2, 0) is 14.3 Å². The first kappa shape index (κ1) is 17.8. The van der Waals surface area contributed by atoms with Crippen molar-refractivity contribution >= 4 is 11.9 Å². The number of ether oxygens (including phenoxy) is 1. The van der Waals surface area contributed by atoms with Gasteiger partial charge in [-0.15, -0.1) is 0 Å². The molecule has 112 valence electrons. The van der Waals surface area contributed by atoms with Gasteiger partial charge in [0.05, 0.1) is 19.6 Å². The number of aliphatic carboxylic acids is 1. The van der Waals surface area contributed by atoms with E-state index in [1.165, 1.54) is 0 Å². The maximum absolute atomic E-state index is 11.6. The van der Waals surface area contributed by atoms with Crippen LogP contribution in [0.3, 0.4) is 0 Å². The number of nitrogens with one attached hydrogen (secondary N) is 1. The fourth-order valence-electron chi connectivity index (χ4n) is 1.42. The van der Waals surface area contributed by atoms with Crippen molar-refractivity contribution in [2.75, 3.05) is 60.5 Å². The summed E-state index contributed by atoms with van der Waals surface area (Å²) in [6, 6.07) is 0. The van der Waals surface area contributed by atoms with Crippen molar-refractivity contribution in [2.45, 2.75) is 6.42 Å². The summed E-state index contributed by atoms with van der Waals surface area (Å²) in [6.07, 6.45) is 0.0405. The molecule has 0 saturated heterocycles. The lowest BCUT2D eigenvalue weighted by atomic mass is 10.3. The Balaban J connectivity index is 4.07. The molecule has 0 spiro atoms. The Bertz CT molecular complexity index is 272. The summed E-state index contributed by atoms with van der Waals surface area (Å²) in [7, 11) is 5.45. The van der Waals surface area contributed by atoms with E-state index in [0.29, 0.717) is 26.2 Å². The van der Waals surface area contributed by atoms with Gasteiger partial charge < -0.3 is 20.1 Å². The lowest BCUT2D eigenvalue weighted by molar-refractivity contribution is -0.137. The van der Waals surface area contributed by atoms with Gasteiger partial charge in [-0.3, -0.25) is 14.5 Å². The molecule has 19 heavy (non-hydrogen) atoms. The van der Waals surface area contributed by atoms with E-state index >= 15 is 0 Å². The summed E-state index contributed by atoms with van der Waals surface area (Å²) < 4.78 is 4.84. The fraction of sp³-hybridized carbons (Fsp3) is 0.833. The average molecular weight is 275 g/mol. The molecular weight excluding hydrogens is 250 g/mol. The van der Waals surface area contributed by atoms with Crippen molar-refractivity contribution in [3.63, 3.8) is 0 Å². The zero-order valence-electron chi connectivity index (χ0n) is 12.0. The molecule has 1 amide bonds. The van der Waals surface area contributed by atoms with Gasteiger partial charge in [0, 0.05) is 33.3 Å². The van der Waals surface area contributed by atoms with Gasteiger partial charge in [-0.1, -0.05) is 0 Å². The number of amides is 1. The molecule has 0 fully saturated rings. The third kappa shape index (κ3) is 11.6. The van der Waals surface area contributed by atoms with Gasteiger partial charge in [0.25, 0.3) is 0 Å². The van der Waals surface area contributed by atoms with Crippen molar-refractivity contribution in [3.8, 4) is 0 Å². The van der Waals surface area contributed by atoms with E-state index in [-0.39, 0.29) is 18.9 Å². The van der Waals surface area contributed by atoms with Crippen LogP contribution in [0.2, 0.25) is 0 Å². The fourth-order valence-corrected chi connectivity index (χ4v) is 1.42. The number of likely N-dealkylation sites (N-methyl/N-ethyl adjacent to an activating group) is 1. The van der Waals surface area contributed by atoms with Gasteiger partial charge in [-0.25, -0.2) is 0 Å². The quantitative estimate of drug-likeness (QED) is 0.475. The summed E-state index contributed by atoms with van der Waals surface area (Å²) >= 11 is 0. The second-order valence-corrected chi connectivity index (χ2v) is 4.57. The van der Waals surface area contributed by atoms with Crippen LogP contribution in [0.15, 0.2) is 0 Å². The summed E-state index contributed by atoms with van der Waals surface area (Å²) in [6.45, 7) is 2.98. The third-order valence-electron chi connectivity index (χ3n) is 2.50. The lowest BCUT2D eigenvalue weighted by Crippen LogP contribution is -2.41. The Hall–Kier alpha value is -1.18. The summed E-state index contributed by atoms with van der Waals surface area (Å²) in [5, 5.41) is 11.4. The molecule has 0 rings (SSSR count). The normalized spacial score (nSPS) is 11.0. The molecule has 0 heterocycles. The Kier molecular flexibility index (Phi) is 10.1. The lowest BCUT2D eigenvalue weighted by Gasteiger charge is -2.22. The van der Waals surface area contributed by atoms with E-state index < -0.39 is 5.97 Å². The minimum Gasteiger partial charge on any atom is -0.481 e. The van der Waals surface area contributed by atoms with Crippen molar-refractivity contribution in [1.29, 1.82) is 0 Å². The van der Waals surface area contributed by atoms with Gasteiger partial charge in [0.15, 0.2) is 0 Å². The monoisotopic (exact) mass is 275 g/mol. The number of rotatable bonds is 11. The van der Waals surface area contributed by atoms with Crippen LogP contribution >= 0.6 is 0 Å². The molecule has 0 saturated carbocycles. The van der Waals surface area contributed by atoms with Gasteiger partial charge >= 0.3 is 5.97 Å². The first-order valence-corrected chi connectivity index (χ1v) is 6.30. The van der Waals surface area contributed by atoms with Crippen molar-refractivity contribution in [1.82, 2.24) is 15.1 Å². The third-order valence-corrected chi connectivity index (χ3v) is 2.50. The van der Waals surface area contributed by atoms with Crippen LogP contribution in [0.5, 0.6) is 0 Å². The Morgan fingerprint density at radius 2 is 1.89 bits per heavy atom. The predicted octanol–water partition coefficient (Wildman–Crippen LogP) is -0.913. The highest BCUT2D eigenvalue weighted by Gasteiger charge is 2.12. The number of nitrogens with zero attached hydrogens (tertiary/aromatic N) is 2. The molecule has 0 radical (unpaired) electrons. The van der Waals surface area contributed by atoms with Crippen molar-refractivity contribution in [3.05, 3.63) is 0 Å². The SMILES string of the molecule is COCCNC(=O)CN(CCC(=O)O)CCN(C)C. The Labute approximate surface area is 114 Å². The molecule has 0 bridgehead atoms. The molecule has 0 aromatic rings. The number of carboxylic acid groups (broad SMARTS) is 1. The Morgan fingerprint density at radius 3 is 2.42 bits per heavy atom. The maximum atomic E-state index is 11.6. The van der Waals surface area contributed by atoms with E-state index in [0.717, 1.165) is 6.54 Å².